The largest absolute Gasteiger partial charge is 0.497 e. The van der Waals surface area contributed by atoms with Gasteiger partial charge in [-0.15, -0.1) is 0 Å². The predicted octanol–water partition coefficient (Wildman–Crippen LogP) is 4.33. The number of nitrogens with one attached hydrogen (secondary N) is 1. The van der Waals surface area contributed by atoms with Crippen molar-refractivity contribution in [1.82, 2.24) is 0 Å². The molecule has 1 atom stereocenters. The van der Waals surface area contributed by atoms with Crippen molar-refractivity contribution in [2.24, 2.45) is 0 Å². The lowest BCUT2D eigenvalue weighted by atomic mass is 10.0. The Kier molecular flexibility index (Phi) is 4.49. The van der Waals surface area contributed by atoms with Gasteiger partial charge in [0.2, 0.25) is 0 Å². The fourth-order valence-corrected chi connectivity index (χ4v) is 2.25. The molecule has 2 rings (SSSR count). The van der Waals surface area contributed by atoms with Gasteiger partial charge in [0.25, 0.3) is 0 Å². The van der Waals surface area contributed by atoms with Gasteiger partial charge in [0.1, 0.15) is 11.8 Å². The van der Waals surface area contributed by atoms with Crippen LogP contribution < -0.4 is 10.1 Å². The number of nitriles is 1. The van der Waals surface area contributed by atoms with Crippen molar-refractivity contribution < 1.29 is 4.74 Å². The zero-order chi connectivity index (χ0) is 14.5. The van der Waals surface area contributed by atoms with Crippen LogP contribution in [-0.4, -0.2) is 7.11 Å². The molecule has 0 spiro atoms. The van der Waals surface area contributed by atoms with Crippen molar-refractivity contribution in [3.8, 4) is 11.8 Å². The van der Waals surface area contributed by atoms with Crippen molar-refractivity contribution in [3.63, 3.8) is 0 Å². The molecule has 0 saturated carbocycles. The van der Waals surface area contributed by atoms with Gasteiger partial charge in [-0.3, -0.25) is 0 Å². The summed E-state index contributed by atoms with van der Waals surface area (Å²) in [6, 6.07) is 14.9. The Labute approximate surface area is 123 Å². The van der Waals surface area contributed by atoms with Crippen LogP contribution in [0, 0.1) is 18.3 Å². The van der Waals surface area contributed by atoms with Gasteiger partial charge in [0.15, 0.2) is 0 Å². The third-order valence-electron chi connectivity index (χ3n) is 3.05. The number of nitrogens with zero attached hydrogens (tertiary/aromatic N) is 1. The van der Waals surface area contributed by atoms with Crippen molar-refractivity contribution in [3.05, 3.63) is 58.6 Å². The highest BCUT2D eigenvalue weighted by molar-refractivity contribution is 6.30. The minimum Gasteiger partial charge on any atom is -0.497 e. The summed E-state index contributed by atoms with van der Waals surface area (Å²) in [4.78, 5) is 0. The molecule has 0 saturated heterocycles. The normalized spacial score (nSPS) is 11.5. The van der Waals surface area contributed by atoms with E-state index in [9.17, 15) is 5.26 Å². The van der Waals surface area contributed by atoms with E-state index in [-0.39, 0.29) is 0 Å². The summed E-state index contributed by atoms with van der Waals surface area (Å²) >= 11 is 5.94. The standard InChI is InChI=1S/C16H15ClN2O/c1-11-8-12(17)6-7-15(11)16(10-18)19-13-4-3-5-14(9-13)20-2/h3-9,16,19H,1-2H3. The van der Waals surface area contributed by atoms with Gasteiger partial charge in [-0.1, -0.05) is 23.7 Å². The molecule has 0 aliphatic carbocycles. The number of rotatable bonds is 4. The molecule has 1 N–H and O–H groups in total. The van der Waals surface area contributed by atoms with E-state index in [0.29, 0.717) is 5.02 Å². The van der Waals surface area contributed by atoms with Crippen molar-refractivity contribution in [2.75, 3.05) is 12.4 Å². The van der Waals surface area contributed by atoms with E-state index in [1.165, 1.54) is 0 Å². The van der Waals surface area contributed by atoms with E-state index in [4.69, 9.17) is 16.3 Å². The molecule has 1 unspecified atom stereocenters. The molecular weight excluding hydrogens is 272 g/mol. The molecule has 0 aliphatic heterocycles. The lowest BCUT2D eigenvalue weighted by Gasteiger charge is -2.16. The molecule has 0 heterocycles. The highest BCUT2D eigenvalue weighted by Gasteiger charge is 2.13. The number of ether oxygens (including phenoxy) is 1. The summed E-state index contributed by atoms with van der Waals surface area (Å²) in [7, 11) is 1.62. The maximum absolute atomic E-state index is 9.38. The molecule has 0 bridgehead atoms. The second-order valence-electron chi connectivity index (χ2n) is 4.44. The molecule has 0 amide bonds. The zero-order valence-electron chi connectivity index (χ0n) is 11.4. The van der Waals surface area contributed by atoms with Crippen LogP contribution in [0.25, 0.3) is 0 Å². The number of hydrogen-bond acceptors (Lipinski definition) is 3. The number of benzene rings is 2. The highest BCUT2D eigenvalue weighted by Crippen LogP contribution is 2.26. The minimum absolute atomic E-state index is 0.431. The topological polar surface area (TPSA) is 45.0 Å². The second kappa shape index (κ2) is 6.31. The third-order valence-corrected chi connectivity index (χ3v) is 3.29. The molecule has 2 aromatic rings. The van der Waals surface area contributed by atoms with Gasteiger partial charge in [-0.25, -0.2) is 0 Å². The Balaban J connectivity index is 2.27. The number of hydrogen-bond donors (Lipinski definition) is 1. The third kappa shape index (κ3) is 3.23. The van der Waals surface area contributed by atoms with E-state index >= 15 is 0 Å². The lowest BCUT2D eigenvalue weighted by molar-refractivity contribution is 0.415. The highest BCUT2D eigenvalue weighted by atomic mass is 35.5. The molecule has 4 heteroatoms. The van der Waals surface area contributed by atoms with Gasteiger partial charge < -0.3 is 10.1 Å². The van der Waals surface area contributed by atoms with Crippen molar-refractivity contribution in [1.29, 1.82) is 5.26 Å². The Bertz CT molecular complexity index is 649. The molecule has 0 fully saturated rings. The SMILES string of the molecule is COc1cccc(NC(C#N)c2ccc(Cl)cc2C)c1. The van der Waals surface area contributed by atoms with Crippen molar-refractivity contribution >= 4 is 17.3 Å². The van der Waals surface area contributed by atoms with Crippen LogP contribution in [0.1, 0.15) is 17.2 Å². The number of anilines is 1. The van der Waals surface area contributed by atoms with E-state index in [1.807, 2.05) is 43.3 Å². The Morgan fingerprint density at radius 3 is 2.70 bits per heavy atom. The summed E-state index contributed by atoms with van der Waals surface area (Å²) < 4.78 is 5.17. The van der Waals surface area contributed by atoms with Gasteiger partial charge in [-0.2, -0.15) is 5.26 Å². The van der Waals surface area contributed by atoms with Crippen LogP contribution in [0.5, 0.6) is 5.75 Å². The van der Waals surface area contributed by atoms with Crippen LogP contribution >= 0.6 is 11.6 Å². The Hall–Kier alpha value is -2.18. The molecule has 0 radical (unpaired) electrons. The van der Waals surface area contributed by atoms with Gasteiger partial charge in [-0.05, 0) is 42.3 Å². The number of halogens is 1. The van der Waals surface area contributed by atoms with E-state index in [1.54, 1.807) is 13.2 Å². The average molecular weight is 287 g/mol. The quantitative estimate of drug-likeness (QED) is 0.909. The monoisotopic (exact) mass is 286 g/mol. The molecule has 102 valence electrons. The van der Waals surface area contributed by atoms with Crippen LogP contribution in [0.2, 0.25) is 5.02 Å². The van der Waals surface area contributed by atoms with Gasteiger partial charge in [0.05, 0.1) is 13.2 Å². The second-order valence-corrected chi connectivity index (χ2v) is 4.88. The first-order chi connectivity index (χ1) is 9.63. The smallest absolute Gasteiger partial charge is 0.140 e. The summed E-state index contributed by atoms with van der Waals surface area (Å²) in [5, 5.41) is 13.3. The number of aryl methyl sites for hydroxylation is 1. The van der Waals surface area contributed by atoms with E-state index in [0.717, 1.165) is 22.6 Å². The summed E-state index contributed by atoms with van der Waals surface area (Å²) in [6.45, 7) is 1.94. The summed E-state index contributed by atoms with van der Waals surface area (Å²) in [5.74, 6) is 0.750. The van der Waals surface area contributed by atoms with Crippen molar-refractivity contribution in [2.45, 2.75) is 13.0 Å². The molecule has 0 aromatic heterocycles. The fourth-order valence-electron chi connectivity index (χ4n) is 2.02. The maximum Gasteiger partial charge on any atom is 0.140 e. The maximum atomic E-state index is 9.38. The first-order valence-electron chi connectivity index (χ1n) is 6.20. The summed E-state index contributed by atoms with van der Waals surface area (Å²) in [5.41, 5.74) is 2.74. The van der Waals surface area contributed by atoms with Gasteiger partial charge >= 0.3 is 0 Å². The predicted molar refractivity (Wildman–Crippen MR) is 81.2 cm³/mol. The van der Waals surface area contributed by atoms with Crippen LogP contribution in [0.3, 0.4) is 0 Å². The molecule has 2 aromatic carbocycles. The van der Waals surface area contributed by atoms with Crippen LogP contribution in [-0.2, 0) is 0 Å². The summed E-state index contributed by atoms with van der Waals surface area (Å²) in [6.07, 6.45) is 0. The zero-order valence-corrected chi connectivity index (χ0v) is 12.1. The Morgan fingerprint density at radius 1 is 1.25 bits per heavy atom. The molecular formula is C16H15ClN2O. The lowest BCUT2D eigenvalue weighted by Crippen LogP contribution is -2.10. The van der Waals surface area contributed by atoms with Gasteiger partial charge in [0, 0.05) is 16.8 Å². The van der Waals surface area contributed by atoms with Crippen LogP contribution in [0.4, 0.5) is 5.69 Å². The van der Waals surface area contributed by atoms with E-state index < -0.39 is 6.04 Å². The van der Waals surface area contributed by atoms with E-state index in [2.05, 4.69) is 11.4 Å². The fraction of sp³-hybridized carbons (Fsp3) is 0.188. The van der Waals surface area contributed by atoms with Crippen LogP contribution in [0.15, 0.2) is 42.5 Å². The first kappa shape index (κ1) is 14.2. The number of methoxy groups -OCH3 is 1. The molecule has 0 aliphatic rings. The Morgan fingerprint density at radius 2 is 2.05 bits per heavy atom. The first-order valence-corrected chi connectivity index (χ1v) is 6.58. The average Bonchev–Trinajstić information content (AvgIpc) is 2.45. The molecule has 20 heavy (non-hydrogen) atoms. The minimum atomic E-state index is -0.431. The molecule has 3 nitrogen and oxygen atoms in total.